The van der Waals surface area contributed by atoms with Crippen LogP contribution >= 0.6 is 0 Å². The van der Waals surface area contributed by atoms with Gasteiger partial charge in [-0.1, -0.05) is 24.3 Å². The van der Waals surface area contributed by atoms with Crippen molar-refractivity contribution < 1.29 is 33.3 Å². The molecule has 0 unspecified atom stereocenters. The highest BCUT2D eigenvalue weighted by atomic mass is 16.6. The number of fused-ring (bicyclic) bond motifs is 2. The van der Waals surface area contributed by atoms with Crippen molar-refractivity contribution in [3.63, 3.8) is 0 Å². The van der Waals surface area contributed by atoms with Gasteiger partial charge in [0.25, 0.3) is 5.91 Å². The van der Waals surface area contributed by atoms with Gasteiger partial charge < -0.3 is 33.9 Å². The second-order valence-electron chi connectivity index (χ2n) is 9.15. The van der Waals surface area contributed by atoms with E-state index in [0.29, 0.717) is 46.5 Å². The summed E-state index contributed by atoms with van der Waals surface area (Å²) in [5, 5.41) is 3.04. The minimum Gasteiger partial charge on any atom is -0.497 e. The summed E-state index contributed by atoms with van der Waals surface area (Å²) in [6, 6.07) is 17.6. The highest BCUT2D eigenvalue weighted by molar-refractivity contribution is 6.02. The zero-order valence-electron chi connectivity index (χ0n) is 21.7. The van der Waals surface area contributed by atoms with Crippen LogP contribution in [0.4, 0.5) is 0 Å². The van der Waals surface area contributed by atoms with Crippen LogP contribution < -0.4 is 29.0 Å². The standard InChI is InChI=1S/C29H30N2O7/c1-31-27(17-9-11-18(34-2)12-10-17)26(20-13-24(35-3)25(36-4)14-21(20)29(31)33)28(32)30-15-19-16-37-22-7-5-6-8-23(22)38-19/h5-14,19,26-27H,15-16H2,1-4H3,(H,30,32)/t19-,26-,27-/m1/s1. The number of benzene rings is 3. The molecule has 198 valence electrons. The molecule has 5 rings (SSSR count). The van der Waals surface area contributed by atoms with Gasteiger partial charge in [0, 0.05) is 12.6 Å². The predicted octanol–water partition coefficient (Wildman–Crippen LogP) is 3.58. The number of nitrogens with zero attached hydrogens (tertiary/aromatic N) is 1. The summed E-state index contributed by atoms with van der Waals surface area (Å²) < 4.78 is 28.1. The van der Waals surface area contributed by atoms with E-state index in [0.717, 1.165) is 5.56 Å². The van der Waals surface area contributed by atoms with E-state index in [2.05, 4.69) is 5.32 Å². The van der Waals surface area contributed by atoms with Crippen LogP contribution in [0.1, 0.15) is 33.4 Å². The van der Waals surface area contributed by atoms with Gasteiger partial charge in [-0.15, -0.1) is 0 Å². The van der Waals surface area contributed by atoms with Gasteiger partial charge in [-0.2, -0.15) is 0 Å². The maximum atomic E-state index is 13.9. The van der Waals surface area contributed by atoms with Crippen LogP contribution in [-0.4, -0.2) is 64.3 Å². The monoisotopic (exact) mass is 518 g/mol. The molecule has 3 aromatic rings. The summed E-state index contributed by atoms with van der Waals surface area (Å²) in [6.45, 7) is 0.545. The average molecular weight is 519 g/mol. The van der Waals surface area contributed by atoms with Crippen molar-refractivity contribution in [2.24, 2.45) is 0 Å². The number of carbonyl (C=O) groups excluding carboxylic acids is 2. The van der Waals surface area contributed by atoms with Gasteiger partial charge in [0.2, 0.25) is 5.91 Å². The second kappa shape index (κ2) is 10.5. The van der Waals surface area contributed by atoms with Crippen molar-refractivity contribution in [1.29, 1.82) is 0 Å². The van der Waals surface area contributed by atoms with E-state index in [1.807, 2.05) is 48.5 Å². The number of likely N-dealkylation sites (N-methyl/N-ethyl adjacent to an activating group) is 1. The normalized spacial score (nSPS) is 19.8. The SMILES string of the molecule is COc1ccc([C@@H]2[C@H](C(=O)NC[C@@H]3COc4ccccc4O3)c3cc(OC)c(OC)cc3C(=O)N2C)cc1. The van der Waals surface area contributed by atoms with Crippen LogP contribution in [0.5, 0.6) is 28.7 Å². The number of hydrogen-bond acceptors (Lipinski definition) is 7. The number of ether oxygens (including phenoxy) is 5. The average Bonchev–Trinajstić information content (AvgIpc) is 2.96. The molecule has 3 aromatic carbocycles. The maximum absolute atomic E-state index is 13.9. The number of hydrogen-bond donors (Lipinski definition) is 1. The quantitative estimate of drug-likeness (QED) is 0.511. The van der Waals surface area contributed by atoms with Crippen molar-refractivity contribution in [3.05, 3.63) is 77.4 Å². The summed E-state index contributed by atoms with van der Waals surface area (Å²) in [5.74, 6) is 1.67. The summed E-state index contributed by atoms with van der Waals surface area (Å²) in [6.07, 6.45) is -0.360. The largest absolute Gasteiger partial charge is 0.497 e. The summed E-state index contributed by atoms with van der Waals surface area (Å²) in [5.41, 5.74) is 1.75. The Kier molecular flexibility index (Phi) is 7.00. The zero-order valence-corrected chi connectivity index (χ0v) is 21.7. The van der Waals surface area contributed by atoms with Crippen molar-refractivity contribution >= 4 is 11.8 Å². The van der Waals surface area contributed by atoms with Gasteiger partial charge in [-0.3, -0.25) is 9.59 Å². The number of para-hydroxylation sites is 2. The topological polar surface area (TPSA) is 95.6 Å². The number of nitrogens with one attached hydrogen (secondary N) is 1. The minimum atomic E-state index is -0.724. The predicted molar refractivity (Wildman–Crippen MR) is 139 cm³/mol. The van der Waals surface area contributed by atoms with E-state index < -0.39 is 12.0 Å². The van der Waals surface area contributed by atoms with E-state index in [-0.39, 0.29) is 24.5 Å². The highest BCUT2D eigenvalue weighted by Gasteiger charge is 2.43. The number of amides is 2. The van der Waals surface area contributed by atoms with Gasteiger partial charge in [-0.05, 0) is 47.5 Å². The first kappa shape index (κ1) is 25.3. The summed E-state index contributed by atoms with van der Waals surface area (Å²) in [4.78, 5) is 29.0. The molecule has 0 saturated carbocycles. The Morgan fingerprint density at radius 1 is 0.974 bits per heavy atom. The second-order valence-corrected chi connectivity index (χ2v) is 9.15. The first-order valence-electron chi connectivity index (χ1n) is 12.3. The minimum absolute atomic E-state index is 0.216. The molecule has 3 atom stereocenters. The fraction of sp³-hybridized carbons (Fsp3) is 0.310. The Labute approximate surface area is 221 Å². The van der Waals surface area contributed by atoms with Crippen LogP contribution in [0, 0.1) is 0 Å². The van der Waals surface area contributed by atoms with E-state index in [1.54, 1.807) is 31.2 Å². The molecule has 0 aliphatic carbocycles. The van der Waals surface area contributed by atoms with Gasteiger partial charge in [-0.25, -0.2) is 0 Å². The third-order valence-corrected chi connectivity index (χ3v) is 6.99. The van der Waals surface area contributed by atoms with E-state index in [4.69, 9.17) is 23.7 Å². The van der Waals surface area contributed by atoms with Crippen LogP contribution in [0.2, 0.25) is 0 Å². The van der Waals surface area contributed by atoms with Crippen LogP contribution in [0.25, 0.3) is 0 Å². The molecule has 2 aliphatic heterocycles. The lowest BCUT2D eigenvalue weighted by molar-refractivity contribution is -0.124. The zero-order chi connectivity index (χ0) is 26.8. The number of methoxy groups -OCH3 is 3. The highest BCUT2D eigenvalue weighted by Crippen LogP contribution is 2.45. The molecule has 2 amide bonds. The van der Waals surface area contributed by atoms with Crippen LogP contribution in [0.3, 0.4) is 0 Å². The van der Waals surface area contributed by atoms with Crippen molar-refractivity contribution in [2.45, 2.75) is 18.1 Å². The Balaban J connectivity index is 1.49. The fourth-order valence-electron chi connectivity index (χ4n) is 5.04. The van der Waals surface area contributed by atoms with Crippen molar-refractivity contribution in [2.75, 3.05) is 41.5 Å². The molecule has 2 aliphatic rings. The third kappa shape index (κ3) is 4.55. The lowest BCUT2D eigenvalue weighted by Crippen LogP contribution is -2.48. The van der Waals surface area contributed by atoms with E-state index in [1.165, 1.54) is 14.2 Å². The molecule has 38 heavy (non-hydrogen) atoms. The summed E-state index contributed by atoms with van der Waals surface area (Å²) in [7, 11) is 6.32. The lowest BCUT2D eigenvalue weighted by Gasteiger charge is -2.40. The molecule has 0 radical (unpaired) electrons. The Hall–Kier alpha value is -4.40. The molecule has 0 saturated heterocycles. The molecule has 2 heterocycles. The number of carbonyl (C=O) groups is 2. The Morgan fingerprint density at radius 2 is 1.66 bits per heavy atom. The Bertz CT molecular complexity index is 1340. The van der Waals surface area contributed by atoms with Gasteiger partial charge in [0.15, 0.2) is 23.0 Å². The molecule has 0 bridgehead atoms. The molecule has 9 heteroatoms. The smallest absolute Gasteiger partial charge is 0.254 e. The first-order chi connectivity index (χ1) is 18.4. The van der Waals surface area contributed by atoms with Crippen LogP contribution in [-0.2, 0) is 4.79 Å². The maximum Gasteiger partial charge on any atom is 0.254 e. The molecule has 1 N–H and O–H groups in total. The number of rotatable bonds is 7. The van der Waals surface area contributed by atoms with Gasteiger partial charge >= 0.3 is 0 Å². The molecule has 0 spiro atoms. The van der Waals surface area contributed by atoms with Crippen LogP contribution in [0.15, 0.2) is 60.7 Å². The van der Waals surface area contributed by atoms with Crippen molar-refractivity contribution in [3.8, 4) is 28.7 Å². The van der Waals surface area contributed by atoms with Gasteiger partial charge in [0.05, 0.1) is 39.8 Å². The fourth-order valence-corrected chi connectivity index (χ4v) is 5.04. The molecular formula is C29H30N2O7. The third-order valence-electron chi connectivity index (χ3n) is 6.99. The molecule has 0 fully saturated rings. The molecular weight excluding hydrogens is 488 g/mol. The van der Waals surface area contributed by atoms with Gasteiger partial charge in [0.1, 0.15) is 18.5 Å². The Morgan fingerprint density at radius 3 is 2.34 bits per heavy atom. The molecule has 9 nitrogen and oxygen atoms in total. The first-order valence-corrected chi connectivity index (χ1v) is 12.3. The van der Waals surface area contributed by atoms with Crippen molar-refractivity contribution in [1.82, 2.24) is 10.2 Å². The summed E-state index contributed by atoms with van der Waals surface area (Å²) >= 11 is 0. The van der Waals surface area contributed by atoms with E-state index >= 15 is 0 Å². The molecule has 0 aromatic heterocycles. The lowest BCUT2D eigenvalue weighted by atomic mass is 9.79. The van der Waals surface area contributed by atoms with E-state index in [9.17, 15) is 9.59 Å².